The summed E-state index contributed by atoms with van der Waals surface area (Å²) in [6.45, 7) is 8.63. The lowest BCUT2D eigenvalue weighted by molar-refractivity contribution is -0.140. The lowest BCUT2D eigenvalue weighted by atomic mass is 10.0. The van der Waals surface area contributed by atoms with E-state index in [0.29, 0.717) is 30.0 Å². The molecule has 1 aromatic heterocycles. The minimum atomic E-state index is -4.37. The van der Waals surface area contributed by atoms with Gasteiger partial charge in [-0.3, -0.25) is 4.99 Å². The van der Waals surface area contributed by atoms with Crippen molar-refractivity contribution in [2.24, 2.45) is 4.99 Å². The third-order valence-electron chi connectivity index (χ3n) is 4.88. The van der Waals surface area contributed by atoms with Gasteiger partial charge in [-0.15, -0.1) is 35.3 Å². The average molecular weight is 547 g/mol. The Kier molecular flexibility index (Phi) is 12.4. The van der Waals surface area contributed by atoms with Gasteiger partial charge in [0.1, 0.15) is 0 Å². The monoisotopic (exact) mass is 547 g/mol. The van der Waals surface area contributed by atoms with Crippen LogP contribution in [0.3, 0.4) is 0 Å². The van der Waals surface area contributed by atoms with Crippen molar-refractivity contribution in [1.29, 1.82) is 0 Å². The first kappa shape index (κ1) is 26.4. The average Bonchev–Trinajstić information content (AvgIpc) is 3.12. The van der Waals surface area contributed by atoms with E-state index >= 15 is 0 Å². The number of alkyl halides is 3. The quantitative estimate of drug-likeness (QED) is 0.207. The molecule has 1 atom stereocenters. The first-order valence-corrected chi connectivity index (χ1v) is 11.1. The molecule has 29 heavy (non-hydrogen) atoms. The summed E-state index contributed by atoms with van der Waals surface area (Å²) in [6, 6.07) is 0.694. The first-order chi connectivity index (χ1) is 13.4. The van der Waals surface area contributed by atoms with Gasteiger partial charge in [-0.1, -0.05) is 6.42 Å². The van der Waals surface area contributed by atoms with Crippen molar-refractivity contribution in [1.82, 2.24) is 20.5 Å². The van der Waals surface area contributed by atoms with Crippen LogP contribution in [0, 0.1) is 0 Å². The van der Waals surface area contributed by atoms with E-state index in [0.717, 1.165) is 49.2 Å². The fourth-order valence-corrected chi connectivity index (χ4v) is 4.10. The number of aliphatic imine (C=N–C) groups is 1. The van der Waals surface area contributed by atoms with Crippen LogP contribution in [0.5, 0.6) is 0 Å². The summed E-state index contributed by atoms with van der Waals surface area (Å²) in [7, 11) is 0. The van der Waals surface area contributed by atoms with Crippen molar-refractivity contribution in [3.8, 4) is 0 Å². The summed E-state index contributed by atoms with van der Waals surface area (Å²) in [5.41, 5.74) is -0.809. The van der Waals surface area contributed by atoms with E-state index < -0.39 is 11.9 Å². The molecule has 5 nitrogen and oxygen atoms in total. The Bertz CT molecular complexity index is 609. The molecule has 0 aliphatic carbocycles. The van der Waals surface area contributed by atoms with Gasteiger partial charge in [0, 0.05) is 37.5 Å². The van der Waals surface area contributed by atoms with Crippen LogP contribution >= 0.6 is 35.3 Å². The fraction of sp³-hybridized carbons (Fsp3) is 0.789. The Balaban J connectivity index is 0.00000420. The molecule has 2 rings (SSSR count). The van der Waals surface area contributed by atoms with Gasteiger partial charge in [0.15, 0.2) is 11.7 Å². The van der Waals surface area contributed by atoms with E-state index in [-0.39, 0.29) is 24.0 Å². The number of aromatic nitrogens is 1. The zero-order valence-electron chi connectivity index (χ0n) is 17.2. The summed E-state index contributed by atoms with van der Waals surface area (Å²) in [5, 5.41) is 7.90. The summed E-state index contributed by atoms with van der Waals surface area (Å²) in [4.78, 5) is 10.8. The highest BCUT2D eigenvalue weighted by Gasteiger charge is 2.33. The highest BCUT2D eigenvalue weighted by molar-refractivity contribution is 14.0. The maximum Gasteiger partial charge on any atom is 0.434 e. The Labute approximate surface area is 193 Å². The van der Waals surface area contributed by atoms with E-state index in [1.165, 1.54) is 25.8 Å². The topological polar surface area (TPSA) is 52.6 Å². The zero-order chi connectivity index (χ0) is 20.4. The molecule has 1 aliphatic heterocycles. The standard InChI is InChI=1S/C19H32F3N5S.HI/c1-3-23-18(24-10-5-7-13-27-12-6-4-8-15(27)2)25-11-9-17-26-16(14-28-17)19(20,21)22;/h14-15H,3-13H2,1-2H3,(H2,23,24,25);1H. The molecule has 1 aliphatic rings. The molecule has 1 fully saturated rings. The van der Waals surface area contributed by atoms with Crippen molar-refractivity contribution in [3.63, 3.8) is 0 Å². The molecule has 10 heteroatoms. The van der Waals surface area contributed by atoms with Crippen LogP contribution in [-0.4, -0.2) is 54.6 Å². The second kappa shape index (κ2) is 13.6. The summed E-state index contributed by atoms with van der Waals surface area (Å²) in [6.07, 6.45) is 2.19. The summed E-state index contributed by atoms with van der Waals surface area (Å²) in [5.74, 6) is 0.710. The maximum absolute atomic E-state index is 12.6. The van der Waals surface area contributed by atoms with Crippen molar-refractivity contribution in [3.05, 3.63) is 16.1 Å². The van der Waals surface area contributed by atoms with Gasteiger partial charge >= 0.3 is 6.18 Å². The van der Waals surface area contributed by atoms with Crippen LogP contribution in [0.15, 0.2) is 10.4 Å². The number of hydrogen-bond acceptors (Lipinski definition) is 4. The van der Waals surface area contributed by atoms with Gasteiger partial charge in [0.2, 0.25) is 0 Å². The third-order valence-corrected chi connectivity index (χ3v) is 5.79. The number of halogens is 4. The molecule has 168 valence electrons. The molecule has 0 spiro atoms. The molecule has 2 heterocycles. The molecule has 0 aromatic carbocycles. The third kappa shape index (κ3) is 9.82. The first-order valence-electron chi connectivity index (χ1n) is 10.2. The Morgan fingerprint density at radius 2 is 2.10 bits per heavy atom. The molecule has 1 saturated heterocycles. The number of likely N-dealkylation sites (tertiary alicyclic amines) is 1. The lowest BCUT2D eigenvalue weighted by Gasteiger charge is -2.33. The van der Waals surface area contributed by atoms with E-state index in [2.05, 4.69) is 32.4 Å². The lowest BCUT2D eigenvalue weighted by Crippen LogP contribution is -2.38. The SMILES string of the molecule is CCNC(=NCCCCN1CCCCC1C)NCCc1nc(C(F)(F)F)cs1.I. The predicted octanol–water partition coefficient (Wildman–Crippen LogP) is 4.53. The van der Waals surface area contributed by atoms with Crippen LogP contribution in [-0.2, 0) is 12.6 Å². The highest BCUT2D eigenvalue weighted by atomic mass is 127. The van der Waals surface area contributed by atoms with Gasteiger partial charge in [-0.05, 0) is 52.6 Å². The summed E-state index contributed by atoms with van der Waals surface area (Å²) < 4.78 is 37.8. The highest BCUT2D eigenvalue weighted by Crippen LogP contribution is 2.30. The number of thiazole rings is 1. The van der Waals surface area contributed by atoms with Gasteiger partial charge < -0.3 is 15.5 Å². The maximum atomic E-state index is 12.6. The van der Waals surface area contributed by atoms with Crippen LogP contribution in [0.4, 0.5) is 13.2 Å². The number of piperidine rings is 1. The number of hydrogen-bond donors (Lipinski definition) is 2. The van der Waals surface area contributed by atoms with Gasteiger partial charge in [-0.25, -0.2) is 4.98 Å². The molecule has 0 radical (unpaired) electrons. The smallest absolute Gasteiger partial charge is 0.357 e. The van der Waals surface area contributed by atoms with Crippen molar-refractivity contribution >= 4 is 41.3 Å². The van der Waals surface area contributed by atoms with Crippen LogP contribution < -0.4 is 10.6 Å². The number of nitrogens with zero attached hydrogens (tertiary/aromatic N) is 3. The Morgan fingerprint density at radius 3 is 2.76 bits per heavy atom. The minimum Gasteiger partial charge on any atom is -0.357 e. The fourth-order valence-electron chi connectivity index (χ4n) is 3.29. The molecule has 2 N–H and O–H groups in total. The Hall–Kier alpha value is -0.620. The minimum absolute atomic E-state index is 0. The van der Waals surface area contributed by atoms with Crippen LogP contribution in [0.2, 0.25) is 0 Å². The van der Waals surface area contributed by atoms with Crippen molar-refractivity contribution < 1.29 is 13.2 Å². The second-order valence-electron chi connectivity index (χ2n) is 7.15. The molecule has 0 bridgehead atoms. The molecule has 1 aromatic rings. The van der Waals surface area contributed by atoms with Crippen molar-refractivity contribution in [2.75, 3.05) is 32.7 Å². The normalized spacial score (nSPS) is 18.4. The Morgan fingerprint density at radius 1 is 1.31 bits per heavy atom. The number of nitrogens with one attached hydrogen (secondary N) is 2. The van der Waals surface area contributed by atoms with Gasteiger partial charge in [0.25, 0.3) is 0 Å². The number of guanidine groups is 1. The van der Waals surface area contributed by atoms with E-state index in [1.54, 1.807) is 0 Å². The van der Waals surface area contributed by atoms with E-state index in [1.807, 2.05) is 6.92 Å². The molecular weight excluding hydrogens is 514 g/mol. The molecule has 0 amide bonds. The van der Waals surface area contributed by atoms with E-state index in [4.69, 9.17) is 0 Å². The van der Waals surface area contributed by atoms with Crippen LogP contribution in [0.1, 0.15) is 56.7 Å². The number of rotatable bonds is 9. The largest absolute Gasteiger partial charge is 0.434 e. The molecule has 1 unspecified atom stereocenters. The predicted molar refractivity (Wildman–Crippen MR) is 124 cm³/mol. The number of unbranched alkanes of at least 4 members (excludes halogenated alkanes) is 1. The molecule has 0 saturated carbocycles. The zero-order valence-corrected chi connectivity index (χ0v) is 20.4. The van der Waals surface area contributed by atoms with E-state index in [9.17, 15) is 13.2 Å². The molecular formula is C19H33F3IN5S. The second-order valence-corrected chi connectivity index (χ2v) is 8.09. The van der Waals surface area contributed by atoms with Crippen molar-refractivity contribution in [2.45, 2.75) is 64.6 Å². The van der Waals surface area contributed by atoms with Gasteiger partial charge in [-0.2, -0.15) is 13.2 Å². The van der Waals surface area contributed by atoms with Crippen LogP contribution in [0.25, 0.3) is 0 Å². The summed E-state index contributed by atoms with van der Waals surface area (Å²) >= 11 is 1.04. The van der Waals surface area contributed by atoms with Gasteiger partial charge in [0.05, 0.1) is 5.01 Å².